The highest BCUT2D eigenvalue weighted by Crippen LogP contribution is 2.21. The Balaban J connectivity index is 1.96. The van der Waals surface area contributed by atoms with Gasteiger partial charge in [-0.2, -0.15) is 0 Å². The Morgan fingerprint density at radius 3 is 3.07 bits per heavy atom. The first kappa shape index (κ1) is 10.0. The van der Waals surface area contributed by atoms with Gasteiger partial charge < -0.3 is 9.52 Å². The summed E-state index contributed by atoms with van der Waals surface area (Å²) in [6.45, 7) is 2.01. The van der Waals surface area contributed by atoms with Gasteiger partial charge in [0.1, 0.15) is 5.76 Å². The van der Waals surface area contributed by atoms with Crippen LogP contribution in [0.1, 0.15) is 18.6 Å². The summed E-state index contributed by atoms with van der Waals surface area (Å²) in [7, 11) is 0. The molecule has 1 aliphatic rings. The number of aliphatic hydroxyl groups is 1. The number of halogens is 1. The van der Waals surface area contributed by atoms with Gasteiger partial charge in [0.05, 0.1) is 13.2 Å². The zero-order valence-electron chi connectivity index (χ0n) is 7.95. The average molecular weight is 216 g/mol. The fourth-order valence-electron chi connectivity index (χ4n) is 1.95. The van der Waals surface area contributed by atoms with Gasteiger partial charge in [-0.3, -0.25) is 4.90 Å². The van der Waals surface area contributed by atoms with Crippen LogP contribution < -0.4 is 0 Å². The van der Waals surface area contributed by atoms with Gasteiger partial charge in [0, 0.05) is 6.04 Å². The molecule has 1 atom stereocenters. The van der Waals surface area contributed by atoms with E-state index >= 15 is 0 Å². The van der Waals surface area contributed by atoms with Crippen LogP contribution in [0.4, 0.5) is 0 Å². The Labute approximate surface area is 88.3 Å². The first-order chi connectivity index (χ1) is 6.79. The van der Waals surface area contributed by atoms with Gasteiger partial charge in [-0.15, -0.1) is 0 Å². The smallest absolute Gasteiger partial charge is 0.193 e. The lowest BCUT2D eigenvalue weighted by Crippen LogP contribution is -2.31. The molecule has 2 rings (SSSR count). The largest absolute Gasteiger partial charge is 0.448 e. The third-order valence-electron chi connectivity index (χ3n) is 2.70. The van der Waals surface area contributed by atoms with Crippen molar-refractivity contribution in [3.8, 4) is 0 Å². The van der Waals surface area contributed by atoms with Crippen molar-refractivity contribution in [2.24, 2.45) is 0 Å². The van der Waals surface area contributed by atoms with Crippen LogP contribution in [-0.2, 0) is 6.54 Å². The first-order valence-electron chi connectivity index (χ1n) is 4.88. The highest BCUT2D eigenvalue weighted by atomic mass is 35.5. The van der Waals surface area contributed by atoms with E-state index in [0.717, 1.165) is 31.7 Å². The van der Waals surface area contributed by atoms with Crippen LogP contribution in [0.5, 0.6) is 0 Å². The predicted molar refractivity (Wildman–Crippen MR) is 54.2 cm³/mol. The van der Waals surface area contributed by atoms with Crippen LogP contribution in [0, 0.1) is 0 Å². The van der Waals surface area contributed by atoms with E-state index < -0.39 is 0 Å². The van der Waals surface area contributed by atoms with Crippen molar-refractivity contribution >= 4 is 11.6 Å². The molecular formula is C10H14ClNO2. The summed E-state index contributed by atoms with van der Waals surface area (Å²) in [4.78, 5) is 2.23. The molecule has 0 radical (unpaired) electrons. The van der Waals surface area contributed by atoms with Crippen molar-refractivity contribution in [2.75, 3.05) is 13.2 Å². The summed E-state index contributed by atoms with van der Waals surface area (Å²) in [6, 6.07) is 3.93. The van der Waals surface area contributed by atoms with Gasteiger partial charge in [-0.25, -0.2) is 0 Å². The first-order valence-corrected chi connectivity index (χ1v) is 5.26. The minimum atomic E-state index is 0.231. The Morgan fingerprint density at radius 2 is 2.43 bits per heavy atom. The molecule has 78 valence electrons. The molecule has 0 aromatic carbocycles. The normalized spacial score (nSPS) is 23.1. The molecule has 3 nitrogen and oxygen atoms in total. The van der Waals surface area contributed by atoms with Crippen molar-refractivity contribution in [3.63, 3.8) is 0 Å². The zero-order chi connectivity index (χ0) is 9.97. The molecule has 0 aliphatic carbocycles. The maximum atomic E-state index is 9.12. The summed E-state index contributed by atoms with van der Waals surface area (Å²) in [5.74, 6) is 0.871. The van der Waals surface area contributed by atoms with Crippen LogP contribution in [0.15, 0.2) is 16.5 Å². The Hall–Kier alpha value is -0.510. The standard InChI is InChI=1S/C10H14ClNO2/c11-10-4-3-9(14-10)6-12-5-1-2-8(12)7-13/h3-4,8,13H,1-2,5-7H2. The highest BCUT2D eigenvalue weighted by Gasteiger charge is 2.24. The molecule has 1 aliphatic heterocycles. The minimum absolute atomic E-state index is 0.231. The quantitative estimate of drug-likeness (QED) is 0.837. The van der Waals surface area contributed by atoms with E-state index in [1.54, 1.807) is 6.07 Å². The predicted octanol–water partition coefficient (Wildman–Crippen LogP) is 1.89. The van der Waals surface area contributed by atoms with E-state index in [-0.39, 0.29) is 6.61 Å². The molecule has 1 aromatic heterocycles. The maximum Gasteiger partial charge on any atom is 0.193 e. The topological polar surface area (TPSA) is 36.6 Å². The van der Waals surface area contributed by atoms with Crippen molar-refractivity contribution < 1.29 is 9.52 Å². The lowest BCUT2D eigenvalue weighted by atomic mass is 10.2. The molecule has 0 amide bonds. The number of hydrogen-bond donors (Lipinski definition) is 1. The van der Waals surface area contributed by atoms with Crippen molar-refractivity contribution in [1.82, 2.24) is 4.90 Å². The van der Waals surface area contributed by atoms with Gasteiger partial charge in [0.25, 0.3) is 0 Å². The molecule has 0 spiro atoms. The molecule has 2 heterocycles. The van der Waals surface area contributed by atoms with Gasteiger partial charge in [0.2, 0.25) is 0 Å². The van der Waals surface area contributed by atoms with Gasteiger partial charge in [-0.1, -0.05) is 0 Å². The molecule has 0 saturated carbocycles. The van der Waals surface area contributed by atoms with E-state index in [1.165, 1.54) is 0 Å². The summed E-state index contributed by atoms with van der Waals surface area (Å²) in [6.07, 6.45) is 2.23. The summed E-state index contributed by atoms with van der Waals surface area (Å²) < 4.78 is 5.28. The Morgan fingerprint density at radius 1 is 1.57 bits per heavy atom. The lowest BCUT2D eigenvalue weighted by molar-refractivity contribution is 0.146. The van der Waals surface area contributed by atoms with Gasteiger partial charge >= 0.3 is 0 Å². The second kappa shape index (κ2) is 4.34. The van der Waals surface area contributed by atoms with Crippen molar-refractivity contribution in [2.45, 2.75) is 25.4 Å². The van der Waals surface area contributed by atoms with Crippen molar-refractivity contribution in [1.29, 1.82) is 0 Å². The molecule has 1 aromatic rings. The number of rotatable bonds is 3. The van der Waals surface area contributed by atoms with Crippen LogP contribution in [0.3, 0.4) is 0 Å². The number of aliphatic hydroxyl groups excluding tert-OH is 1. The molecule has 4 heteroatoms. The third kappa shape index (κ3) is 2.11. The molecule has 14 heavy (non-hydrogen) atoms. The minimum Gasteiger partial charge on any atom is -0.448 e. The van der Waals surface area contributed by atoms with Gasteiger partial charge in [0.15, 0.2) is 5.22 Å². The molecule has 1 fully saturated rings. The molecule has 1 N–H and O–H groups in total. The van der Waals surface area contributed by atoms with Crippen LogP contribution in [-0.4, -0.2) is 29.2 Å². The Kier molecular flexibility index (Phi) is 3.11. The van der Waals surface area contributed by atoms with E-state index in [4.69, 9.17) is 21.1 Å². The van der Waals surface area contributed by atoms with Crippen LogP contribution >= 0.6 is 11.6 Å². The van der Waals surface area contributed by atoms with E-state index in [2.05, 4.69) is 4.90 Å². The fraction of sp³-hybridized carbons (Fsp3) is 0.600. The fourth-order valence-corrected chi connectivity index (χ4v) is 2.11. The number of hydrogen-bond acceptors (Lipinski definition) is 3. The highest BCUT2D eigenvalue weighted by molar-refractivity contribution is 6.28. The van der Waals surface area contributed by atoms with Gasteiger partial charge in [-0.05, 0) is 43.1 Å². The van der Waals surface area contributed by atoms with E-state index in [9.17, 15) is 0 Å². The Bertz CT molecular complexity index is 300. The molecule has 1 unspecified atom stereocenters. The molecular weight excluding hydrogens is 202 g/mol. The van der Waals surface area contributed by atoms with Crippen LogP contribution in [0.25, 0.3) is 0 Å². The summed E-state index contributed by atoms with van der Waals surface area (Å²) in [5, 5.41) is 9.55. The number of nitrogens with zero attached hydrogens (tertiary/aromatic N) is 1. The van der Waals surface area contributed by atoms with E-state index in [0.29, 0.717) is 11.3 Å². The average Bonchev–Trinajstić information content (AvgIpc) is 2.76. The van der Waals surface area contributed by atoms with Crippen molar-refractivity contribution in [3.05, 3.63) is 23.1 Å². The lowest BCUT2D eigenvalue weighted by Gasteiger charge is -2.20. The third-order valence-corrected chi connectivity index (χ3v) is 2.90. The van der Waals surface area contributed by atoms with E-state index in [1.807, 2.05) is 6.07 Å². The number of furan rings is 1. The zero-order valence-corrected chi connectivity index (χ0v) is 8.70. The summed E-state index contributed by atoms with van der Waals surface area (Å²) in [5.41, 5.74) is 0. The SMILES string of the molecule is OCC1CCCN1Cc1ccc(Cl)o1. The molecule has 0 bridgehead atoms. The monoisotopic (exact) mass is 215 g/mol. The second-order valence-corrected chi connectivity index (χ2v) is 4.03. The van der Waals surface area contributed by atoms with Crippen LogP contribution in [0.2, 0.25) is 5.22 Å². The second-order valence-electron chi connectivity index (χ2n) is 3.65. The summed E-state index contributed by atoms with van der Waals surface area (Å²) >= 11 is 5.68. The number of likely N-dealkylation sites (tertiary alicyclic amines) is 1. The maximum absolute atomic E-state index is 9.12. The molecule has 1 saturated heterocycles.